The van der Waals surface area contributed by atoms with Crippen molar-refractivity contribution in [2.75, 3.05) is 6.61 Å². The minimum absolute atomic E-state index is 0.0529. The Morgan fingerprint density at radius 3 is 2.24 bits per heavy atom. The third-order valence-electron chi connectivity index (χ3n) is 5.71. The predicted molar refractivity (Wildman–Crippen MR) is 107 cm³/mol. The van der Waals surface area contributed by atoms with Gasteiger partial charge in [0, 0.05) is 5.56 Å². The first kappa shape index (κ1) is 21.4. The van der Waals surface area contributed by atoms with Gasteiger partial charge in [0.05, 0.1) is 6.61 Å². The van der Waals surface area contributed by atoms with Gasteiger partial charge in [0.2, 0.25) is 5.82 Å². The monoisotopic (exact) mass is 406 g/mol. The van der Waals surface area contributed by atoms with E-state index < -0.39 is 23.3 Å². The van der Waals surface area contributed by atoms with E-state index in [9.17, 15) is 17.6 Å². The Morgan fingerprint density at radius 1 is 0.862 bits per heavy atom. The van der Waals surface area contributed by atoms with Crippen LogP contribution < -0.4 is 4.74 Å². The van der Waals surface area contributed by atoms with Crippen molar-refractivity contribution in [3.63, 3.8) is 0 Å². The summed E-state index contributed by atoms with van der Waals surface area (Å²) >= 11 is 0. The number of benzene rings is 2. The summed E-state index contributed by atoms with van der Waals surface area (Å²) in [5, 5.41) is 0. The number of hydrogen-bond donors (Lipinski definition) is 0. The zero-order valence-electron chi connectivity index (χ0n) is 16.8. The van der Waals surface area contributed by atoms with Crippen LogP contribution in [0.15, 0.2) is 30.3 Å². The molecule has 0 unspecified atom stereocenters. The number of allylic oxidation sites excluding steroid dienone is 1. The Kier molecular flexibility index (Phi) is 6.99. The molecular formula is C24H26F4O. The van der Waals surface area contributed by atoms with Gasteiger partial charge < -0.3 is 4.74 Å². The molecule has 1 aliphatic carbocycles. The maximum Gasteiger partial charge on any atom is 0.200 e. The normalized spacial score (nSPS) is 19.7. The van der Waals surface area contributed by atoms with Crippen molar-refractivity contribution in [2.24, 2.45) is 5.92 Å². The average Bonchev–Trinajstić information content (AvgIpc) is 2.73. The van der Waals surface area contributed by atoms with Crippen molar-refractivity contribution in [3.8, 4) is 5.75 Å². The van der Waals surface area contributed by atoms with E-state index in [4.69, 9.17) is 4.74 Å². The maximum atomic E-state index is 14.4. The quantitative estimate of drug-likeness (QED) is 0.461. The third kappa shape index (κ3) is 4.65. The summed E-state index contributed by atoms with van der Waals surface area (Å²) in [7, 11) is 0. The molecule has 0 bridgehead atoms. The zero-order chi connectivity index (χ0) is 21.0. The van der Waals surface area contributed by atoms with E-state index in [2.05, 4.69) is 0 Å². The van der Waals surface area contributed by atoms with Gasteiger partial charge in [0.1, 0.15) is 0 Å². The maximum absolute atomic E-state index is 14.4. The fourth-order valence-corrected chi connectivity index (χ4v) is 4.00. The van der Waals surface area contributed by atoms with E-state index in [0.29, 0.717) is 30.4 Å². The van der Waals surface area contributed by atoms with Gasteiger partial charge in [0.15, 0.2) is 23.2 Å². The lowest BCUT2D eigenvalue weighted by molar-refractivity contribution is 0.310. The van der Waals surface area contributed by atoms with E-state index in [1.165, 1.54) is 6.07 Å². The molecule has 1 saturated carbocycles. The average molecular weight is 406 g/mol. The molecule has 0 atom stereocenters. The zero-order valence-corrected chi connectivity index (χ0v) is 16.8. The fourth-order valence-electron chi connectivity index (χ4n) is 4.00. The molecule has 0 N–H and O–H groups in total. The van der Waals surface area contributed by atoms with Crippen LogP contribution in [0.3, 0.4) is 0 Å². The Balaban J connectivity index is 1.65. The molecule has 1 fully saturated rings. The number of ether oxygens (including phenoxy) is 1. The molecule has 3 rings (SSSR count). The van der Waals surface area contributed by atoms with Crippen LogP contribution in [-0.2, 0) is 6.42 Å². The molecule has 0 heterocycles. The Bertz CT molecular complexity index is 883. The Labute approximate surface area is 169 Å². The summed E-state index contributed by atoms with van der Waals surface area (Å²) in [6.07, 6.45) is 6.96. The lowest BCUT2D eigenvalue weighted by Crippen LogP contribution is -2.14. The van der Waals surface area contributed by atoms with E-state index in [0.717, 1.165) is 12.8 Å². The SMILES string of the molecule is CCOc1ccc(C2CCC(/C=C/c3ccc(CC)c(F)c3F)CC2)c(F)c1F. The molecule has 0 aromatic heterocycles. The van der Waals surface area contributed by atoms with Crippen molar-refractivity contribution < 1.29 is 22.3 Å². The first-order chi connectivity index (χ1) is 14.0. The van der Waals surface area contributed by atoms with Crippen LogP contribution in [-0.4, -0.2) is 6.61 Å². The van der Waals surface area contributed by atoms with Crippen molar-refractivity contribution in [1.82, 2.24) is 0 Å². The first-order valence-electron chi connectivity index (χ1n) is 10.2. The lowest BCUT2D eigenvalue weighted by Gasteiger charge is -2.27. The number of hydrogen-bond acceptors (Lipinski definition) is 1. The largest absolute Gasteiger partial charge is 0.491 e. The third-order valence-corrected chi connectivity index (χ3v) is 5.71. The molecule has 0 radical (unpaired) electrons. The molecule has 0 aliphatic heterocycles. The second-order valence-corrected chi connectivity index (χ2v) is 7.48. The molecule has 1 nitrogen and oxygen atoms in total. The summed E-state index contributed by atoms with van der Waals surface area (Å²) in [6, 6.07) is 6.30. The molecule has 0 saturated heterocycles. The summed E-state index contributed by atoms with van der Waals surface area (Å²) in [5.41, 5.74) is 0.989. The minimum atomic E-state index is -0.931. The van der Waals surface area contributed by atoms with E-state index in [1.807, 2.05) is 6.08 Å². The standard InChI is InChI=1S/C24H26F4O/c1-3-16-11-12-18(22(26)21(16)25)10-7-15-5-8-17(9-6-15)19-13-14-20(29-4-2)24(28)23(19)27/h7,10-15,17H,3-6,8-9H2,1-2H3/b10-7+. The number of rotatable bonds is 6. The number of halogens is 4. The molecule has 5 heteroatoms. The van der Waals surface area contributed by atoms with Crippen molar-refractivity contribution in [2.45, 2.75) is 51.9 Å². The van der Waals surface area contributed by atoms with Gasteiger partial charge in [-0.2, -0.15) is 4.39 Å². The summed E-state index contributed by atoms with van der Waals surface area (Å²) in [5.74, 6) is -3.28. The highest BCUT2D eigenvalue weighted by Crippen LogP contribution is 2.39. The molecule has 2 aromatic rings. The van der Waals surface area contributed by atoms with Crippen molar-refractivity contribution in [3.05, 3.63) is 70.3 Å². The van der Waals surface area contributed by atoms with Crippen LogP contribution in [0.1, 0.15) is 62.1 Å². The highest BCUT2D eigenvalue weighted by Gasteiger charge is 2.26. The van der Waals surface area contributed by atoms with Gasteiger partial charge in [-0.25, -0.2) is 13.2 Å². The van der Waals surface area contributed by atoms with E-state index >= 15 is 0 Å². The van der Waals surface area contributed by atoms with E-state index in [1.54, 1.807) is 38.1 Å². The highest BCUT2D eigenvalue weighted by atomic mass is 19.2. The first-order valence-corrected chi connectivity index (χ1v) is 10.2. The topological polar surface area (TPSA) is 9.23 Å². The number of aryl methyl sites for hydroxylation is 1. The highest BCUT2D eigenvalue weighted by molar-refractivity contribution is 5.51. The molecule has 156 valence electrons. The lowest BCUT2D eigenvalue weighted by atomic mass is 9.78. The fraction of sp³-hybridized carbons (Fsp3) is 0.417. The van der Waals surface area contributed by atoms with Crippen molar-refractivity contribution in [1.29, 1.82) is 0 Å². The van der Waals surface area contributed by atoms with Gasteiger partial charge in [0.25, 0.3) is 0 Å². The Morgan fingerprint density at radius 2 is 1.59 bits per heavy atom. The van der Waals surface area contributed by atoms with Gasteiger partial charge >= 0.3 is 0 Å². The van der Waals surface area contributed by atoms with Crippen LogP contribution in [0.2, 0.25) is 0 Å². The second kappa shape index (κ2) is 9.47. The van der Waals surface area contributed by atoms with Crippen molar-refractivity contribution >= 4 is 6.08 Å². The van der Waals surface area contributed by atoms with Gasteiger partial charge in [-0.3, -0.25) is 0 Å². The summed E-state index contributed by atoms with van der Waals surface area (Å²) in [6.45, 7) is 3.78. The molecule has 2 aromatic carbocycles. The Hall–Kier alpha value is -2.30. The smallest absolute Gasteiger partial charge is 0.200 e. The van der Waals surface area contributed by atoms with Crippen LogP contribution in [0, 0.1) is 29.2 Å². The summed E-state index contributed by atoms with van der Waals surface area (Å²) < 4.78 is 61.7. The summed E-state index contributed by atoms with van der Waals surface area (Å²) in [4.78, 5) is 0. The second-order valence-electron chi connectivity index (χ2n) is 7.48. The van der Waals surface area contributed by atoms with Gasteiger partial charge in [-0.15, -0.1) is 0 Å². The van der Waals surface area contributed by atoms with Crippen LogP contribution in [0.25, 0.3) is 6.08 Å². The van der Waals surface area contributed by atoms with Gasteiger partial charge in [-0.05, 0) is 68.1 Å². The predicted octanol–water partition coefficient (Wildman–Crippen LogP) is 7.19. The van der Waals surface area contributed by atoms with Crippen LogP contribution >= 0.6 is 0 Å². The van der Waals surface area contributed by atoms with Gasteiger partial charge in [-0.1, -0.05) is 37.3 Å². The van der Waals surface area contributed by atoms with Crippen LogP contribution in [0.4, 0.5) is 17.6 Å². The van der Waals surface area contributed by atoms with Crippen LogP contribution in [0.5, 0.6) is 5.75 Å². The van der Waals surface area contributed by atoms with E-state index in [-0.39, 0.29) is 29.8 Å². The molecule has 0 amide bonds. The minimum Gasteiger partial charge on any atom is -0.491 e. The molecule has 0 spiro atoms. The molecular weight excluding hydrogens is 380 g/mol. The molecule has 29 heavy (non-hydrogen) atoms. The molecule has 1 aliphatic rings.